The van der Waals surface area contributed by atoms with Crippen LogP contribution in [0.2, 0.25) is 0 Å². The van der Waals surface area contributed by atoms with Gasteiger partial charge in [0, 0.05) is 11.9 Å². The standard InChI is InChI=1S/C14H18N4O3S/c1-2-3-9-22(20,21)18-12-10-15-17-13(12)14(19)16-11-7-5-4-6-8-11/h4-8,10,18H,2-3,9H2,1H3,(H,15,17)(H,16,19). The third kappa shape index (κ3) is 4.32. The molecule has 0 spiro atoms. The van der Waals surface area contributed by atoms with E-state index >= 15 is 0 Å². The normalized spacial score (nSPS) is 11.1. The molecule has 2 rings (SSSR count). The van der Waals surface area contributed by atoms with Gasteiger partial charge in [0.2, 0.25) is 10.0 Å². The predicted molar refractivity (Wildman–Crippen MR) is 85.3 cm³/mol. The fourth-order valence-electron chi connectivity index (χ4n) is 1.81. The van der Waals surface area contributed by atoms with Gasteiger partial charge in [0.15, 0.2) is 5.69 Å². The van der Waals surface area contributed by atoms with Crippen molar-refractivity contribution in [3.05, 3.63) is 42.2 Å². The number of rotatable bonds is 7. The summed E-state index contributed by atoms with van der Waals surface area (Å²) in [7, 11) is -3.49. The van der Waals surface area contributed by atoms with E-state index in [0.29, 0.717) is 12.1 Å². The van der Waals surface area contributed by atoms with Crippen molar-refractivity contribution in [2.45, 2.75) is 19.8 Å². The highest BCUT2D eigenvalue weighted by molar-refractivity contribution is 7.92. The van der Waals surface area contributed by atoms with Crippen molar-refractivity contribution in [3.63, 3.8) is 0 Å². The number of unbranched alkanes of at least 4 members (excludes halogenated alkanes) is 1. The number of aromatic amines is 1. The zero-order chi connectivity index (χ0) is 16.0. The van der Waals surface area contributed by atoms with Gasteiger partial charge in [-0.3, -0.25) is 14.6 Å². The minimum absolute atomic E-state index is 0.00364. The third-order valence-electron chi connectivity index (χ3n) is 2.92. The SMILES string of the molecule is CCCCS(=O)(=O)Nc1c[nH]nc1C(=O)Nc1ccccc1. The van der Waals surface area contributed by atoms with Crippen molar-refractivity contribution in [1.29, 1.82) is 0 Å². The molecule has 8 heteroatoms. The number of aromatic nitrogens is 2. The first-order chi connectivity index (χ1) is 10.5. The molecule has 0 bridgehead atoms. The lowest BCUT2D eigenvalue weighted by Crippen LogP contribution is -2.20. The van der Waals surface area contributed by atoms with Gasteiger partial charge in [-0.15, -0.1) is 0 Å². The maximum absolute atomic E-state index is 12.2. The summed E-state index contributed by atoms with van der Waals surface area (Å²) in [6.45, 7) is 1.91. The second kappa shape index (κ2) is 7.08. The Balaban J connectivity index is 2.10. The fraction of sp³-hybridized carbons (Fsp3) is 0.286. The van der Waals surface area contributed by atoms with Crippen molar-refractivity contribution >= 4 is 27.3 Å². The van der Waals surface area contributed by atoms with E-state index in [4.69, 9.17) is 0 Å². The first kappa shape index (κ1) is 16.0. The summed E-state index contributed by atoms with van der Waals surface area (Å²) in [5.74, 6) is -0.477. The van der Waals surface area contributed by atoms with Gasteiger partial charge in [0.05, 0.1) is 11.4 Å². The predicted octanol–water partition coefficient (Wildman–Crippen LogP) is 2.20. The molecule has 1 aromatic carbocycles. The van der Waals surface area contributed by atoms with Crippen LogP contribution in [0.4, 0.5) is 11.4 Å². The molecule has 0 aliphatic heterocycles. The zero-order valence-corrected chi connectivity index (χ0v) is 13.0. The Bertz CT molecular complexity index is 726. The monoisotopic (exact) mass is 322 g/mol. The number of benzene rings is 1. The Kier molecular flexibility index (Phi) is 5.16. The summed E-state index contributed by atoms with van der Waals surface area (Å²) < 4.78 is 26.2. The van der Waals surface area contributed by atoms with E-state index in [-0.39, 0.29) is 17.1 Å². The number of hydrogen-bond acceptors (Lipinski definition) is 4. The van der Waals surface area contributed by atoms with Gasteiger partial charge in [-0.25, -0.2) is 8.42 Å². The Morgan fingerprint density at radius 2 is 2.00 bits per heavy atom. The first-order valence-corrected chi connectivity index (χ1v) is 8.57. The van der Waals surface area contributed by atoms with E-state index in [1.807, 2.05) is 13.0 Å². The number of hydrogen-bond donors (Lipinski definition) is 3. The van der Waals surface area contributed by atoms with Crippen LogP contribution in [-0.2, 0) is 10.0 Å². The minimum Gasteiger partial charge on any atom is -0.321 e. The number of sulfonamides is 1. The molecule has 2 aromatic rings. The summed E-state index contributed by atoms with van der Waals surface area (Å²) in [6.07, 6.45) is 2.68. The van der Waals surface area contributed by atoms with Crippen molar-refractivity contribution in [1.82, 2.24) is 10.2 Å². The van der Waals surface area contributed by atoms with Crippen LogP contribution in [0.25, 0.3) is 0 Å². The molecular weight excluding hydrogens is 304 g/mol. The van der Waals surface area contributed by atoms with E-state index in [0.717, 1.165) is 6.42 Å². The second-order valence-electron chi connectivity index (χ2n) is 4.74. The van der Waals surface area contributed by atoms with Crippen LogP contribution < -0.4 is 10.0 Å². The summed E-state index contributed by atoms with van der Waals surface area (Å²) in [5.41, 5.74) is 0.753. The lowest BCUT2D eigenvalue weighted by atomic mass is 10.3. The van der Waals surface area contributed by atoms with Gasteiger partial charge in [-0.2, -0.15) is 5.10 Å². The van der Waals surface area contributed by atoms with Crippen LogP contribution in [-0.4, -0.2) is 30.3 Å². The number of carbonyl (C=O) groups is 1. The summed E-state index contributed by atoms with van der Waals surface area (Å²) in [5, 5.41) is 8.98. The second-order valence-corrected chi connectivity index (χ2v) is 6.58. The van der Waals surface area contributed by atoms with E-state index in [1.165, 1.54) is 6.20 Å². The largest absolute Gasteiger partial charge is 0.321 e. The zero-order valence-electron chi connectivity index (χ0n) is 12.2. The van der Waals surface area contributed by atoms with Crippen molar-refractivity contribution < 1.29 is 13.2 Å². The molecule has 22 heavy (non-hydrogen) atoms. The van der Waals surface area contributed by atoms with Gasteiger partial charge in [0.25, 0.3) is 5.91 Å². The molecule has 1 amide bonds. The van der Waals surface area contributed by atoms with Gasteiger partial charge < -0.3 is 5.32 Å². The molecular formula is C14H18N4O3S. The number of H-pyrrole nitrogens is 1. The molecule has 0 atom stereocenters. The van der Waals surface area contributed by atoms with Crippen LogP contribution >= 0.6 is 0 Å². The quantitative estimate of drug-likeness (QED) is 0.727. The van der Waals surface area contributed by atoms with Gasteiger partial charge in [-0.1, -0.05) is 31.5 Å². The molecule has 0 fully saturated rings. The van der Waals surface area contributed by atoms with Crippen LogP contribution in [0.1, 0.15) is 30.3 Å². The highest BCUT2D eigenvalue weighted by Crippen LogP contribution is 2.16. The molecule has 1 aromatic heterocycles. The topological polar surface area (TPSA) is 104 Å². The van der Waals surface area contributed by atoms with Crippen molar-refractivity contribution in [2.75, 3.05) is 15.8 Å². The Morgan fingerprint density at radius 1 is 1.27 bits per heavy atom. The van der Waals surface area contributed by atoms with Crippen LogP contribution in [0, 0.1) is 0 Å². The number of anilines is 2. The number of amides is 1. The van der Waals surface area contributed by atoms with Crippen LogP contribution in [0.3, 0.4) is 0 Å². The molecule has 0 saturated carbocycles. The number of carbonyl (C=O) groups excluding carboxylic acids is 1. The third-order valence-corrected chi connectivity index (χ3v) is 4.28. The molecule has 0 aliphatic carbocycles. The average Bonchev–Trinajstić information content (AvgIpc) is 2.93. The number of para-hydroxylation sites is 1. The Labute approximate surface area is 129 Å². The molecule has 118 valence electrons. The molecule has 0 aliphatic rings. The van der Waals surface area contributed by atoms with Crippen molar-refractivity contribution in [2.24, 2.45) is 0 Å². The molecule has 1 heterocycles. The Morgan fingerprint density at radius 3 is 2.68 bits per heavy atom. The summed E-state index contributed by atoms with van der Waals surface area (Å²) in [6, 6.07) is 8.87. The Hall–Kier alpha value is -2.35. The van der Waals surface area contributed by atoms with E-state index in [9.17, 15) is 13.2 Å². The maximum atomic E-state index is 12.2. The van der Waals surface area contributed by atoms with E-state index < -0.39 is 15.9 Å². The summed E-state index contributed by atoms with van der Waals surface area (Å²) in [4.78, 5) is 12.2. The first-order valence-electron chi connectivity index (χ1n) is 6.92. The molecule has 7 nitrogen and oxygen atoms in total. The smallest absolute Gasteiger partial charge is 0.278 e. The van der Waals surface area contributed by atoms with Crippen LogP contribution in [0.5, 0.6) is 0 Å². The minimum atomic E-state index is -3.49. The lowest BCUT2D eigenvalue weighted by Gasteiger charge is -2.08. The maximum Gasteiger partial charge on any atom is 0.278 e. The number of nitrogens with one attached hydrogen (secondary N) is 3. The van der Waals surface area contributed by atoms with E-state index in [1.54, 1.807) is 24.3 Å². The summed E-state index contributed by atoms with van der Waals surface area (Å²) >= 11 is 0. The van der Waals surface area contributed by atoms with Gasteiger partial charge in [-0.05, 0) is 18.6 Å². The molecule has 0 radical (unpaired) electrons. The molecule has 0 unspecified atom stereocenters. The molecule has 3 N–H and O–H groups in total. The lowest BCUT2D eigenvalue weighted by molar-refractivity contribution is 0.102. The van der Waals surface area contributed by atoms with Gasteiger partial charge >= 0.3 is 0 Å². The highest BCUT2D eigenvalue weighted by Gasteiger charge is 2.19. The highest BCUT2D eigenvalue weighted by atomic mass is 32.2. The fourth-order valence-corrected chi connectivity index (χ4v) is 3.07. The van der Waals surface area contributed by atoms with Crippen LogP contribution in [0.15, 0.2) is 36.5 Å². The average molecular weight is 322 g/mol. The van der Waals surface area contributed by atoms with E-state index in [2.05, 4.69) is 20.2 Å². The number of nitrogens with zero attached hydrogens (tertiary/aromatic N) is 1. The van der Waals surface area contributed by atoms with Gasteiger partial charge in [0.1, 0.15) is 0 Å². The molecule has 0 saturated heterocycles. The van der Waals surface area contributed by atoms with Crippen molar-refractivity contribution in [3.8, 4) is 0 Å².